The van der Waals surface area contributed by atoms with Crippen LogP contribution in [0.15, 0.2) is 42.0 Å². The molecular formula is C18H17N5O4S. The van der Waals surface area contributed by atoms with Crippen molar-refractivity contribution in [3.63, 3.8) is 0 Å². The molecule has 4 rings (SSSR count). The van der Waals surface area contributed by atoms with Gasteiger partial charge in [0.15, 0.2) is 6.61 Å². The van der Waals surface area contributed by atoms with E-state index in [1.165, 1.54) is 29.8 Å². The third-order valence-electron chi connectivity index (χ3n) is 4.62. The highest BCUT2D eigenvalue weighted by Crippen LogP contribution is 2.25. The number of non-ortho nitro benzene ring substituents is 1. The molecule has 0 aliphatic carbocycles. The predicted octanol–water partition coefficient (Wildman–Crippen LogP) is 2.33. The zero-order valence-electron chi connectivity index (χ0n) is 14.9. The molecule has 2 aromatic heterocycles. The van der Waals surface area contributed by atoms with Crippen LogP contribution in [0.1, 0.15) is 0 Å². The Morgan fingerprint density at radius 3 is 2.61 bits per heavy atom. The molecule has 0 spiro atoms. The van der Waals surface area contributed by atoms with Crippen molar-refractivity contribution in [2.24, 2.45) is 0 Å². The first-order chi connectivity index (χ1) is 13.6. The SMILES string of the molecule is O=C(COc1ncnc2sccc12)N1CCN(c2ccc([N+](=O)[O-])cc2)CC1. The smallest absolute Gasteiger partial charge is 0.269 e. The molecule has 0 bridgehead atoms. The number of carbonyl (C=O) groups excluding carboxylic acids is 1. The molecule has 1 aliphatic rings. The number of thiophene rings is 1. The van der Waals surface area contributed by atoms with Crippen molar-refractivity contribution in [1.82, 2.24) is 14.9 Å². The number of hydrogen-bond acceptors (Lipinski definition) is 8. The molecule has 1 amide bonds. The zero-order valence-corrected chi connectivity index (χ0v) is 15.7. The van der Waals surface area contributed by atoms with Gasteiger partial charge < -0.3 is 14.5 Å². The number of rotatable bonds is 5. The van der Waals surface area contributed by atoms with E-state index in [1.807, 2.05) is 11.4 Å². The Bertz CT molecular complexity index is 999. The van der Waals surface area contributed by atoms with Crippen molar-refractivity contribution < 1.29 is 14.5 Å². The maximum atomic E-state index is 12.5. The number of amides is 1. The van der Waals surface area contributed by atoms with Gasteiger partial charge in [-0.3, -0.25) is 14.9 Å². The number of hydrogen-bond donors (Lipinski definition) is 0. The third kappa shape index (κ3) is 3.72. The van der Waals surface area contributed by atoms with Crippen LogP contribution in [-0.4, -0.2) is 58.5 Å². The Kier molecular flexibility index (Phi) is 5.02. The maximum absolute atomic E-state index is 12.5. The van der Waals surface area contributed by atoms with Crippen molar-refractivity contribution in [1.29, 1.82) is 0 Å². The molecular weight excluding hydrogens is 382 g/mol. The fourth-order valence-electron chi connectivity index (χ4n) is 3.10. The van der Waals surface area contributed by atoms with Crippen LogP contribution < -0.4 is 9.64 Å². The van der Waals surface area contributed by atoms with Gasteiger partial charge in [0.05, 0.1) is 10.3 Å². The van der Waals surface area contributed by atoms with Crippen molar-refractivity contribution >= 4 is 38.8 Å². The molecule has 0 radical (unpaired) electrons. The molecule has 0 atom stereocenters. The third-order valence-corrected chi connectivity index (χ3v) is 5.44. The molecule has 3 heterocycles. The fraction of sp³-hybridized carbons (Fsp3) is 0.278. The minimum absolute atomic E-state index is 0.0687. The van der Waals surface area contributed by atoms with Crippen molar-refractivity contribution in [3.05, 3.63) is 52.2 Å². The monoisotopic (exact) mass is 399 g/mol. The normalized spacial score (nSPS) is 14.3. The predicted molar refractivity (Wildman–Crippen MR) is 105 cm³/mol. The van der Waals surface area contributed by atoms with Gasteiger partial charge in [0.1, 0.15) is 11.2 Å². The van der Waals surface area contributed by atoms with Gasteiger partial charge in [-0.25, -0.2) is 9.97 Å². The molecule has 1 aromatic carbocycles. The minimum atomic E-state index is -0.415. The van der Waals surface area contributed by atoms with Crippen LogP contribution in [0.2, 0.25) is 0 Å². The number of aromatic nitrogens is 2. The van der Waals surface area contributed by atoms with E-state index in [9.17, 15) is 14.9 Å². The Hall–Kier alpha value is -3.27. The highest BCUT2D eigenvalue weighted by atomic mass is 32.1. The summed E-state index contributed by atoms with van der Waals surface area (Å²) < 4.78 is 5.63. The van der Waals surface area contributed by atoms with Gasteiger partial charge in [-0.2, -0.15) is 0 Å². The van der Waals surface area contributed by atoms with E-state index in [-0.39, 0.29) is 18.2 Å². The van der Waals surface area contributed by atoms with Crippen molar-refractivity contribution in [3.8, 4) is 5.88 Å². The summed E-state index contributed by atoms with van der Waals surface area (Å²) in [5.41, 5.74) is 0.981. The van der Waals surface area contributed by atoms with Gasteiger partial charge in [-0.1, -0.05) is 0 Å². The molecule has 144 valence electrons. The van der Waals surface area contributed by atoms with Crippen LogP contribution in [0.4, 0.5) is 11.4 Å². The number of ether oxygens (including phenoxy) is 1. The topological polar surface area (TPSA) is 102 Å². The lowest BCUT2D eigenvalue weighted by Gasteiger charge is -2.36. The highest BCUT2D eigenvalue weighted by molar-refractivity contribution is 7.16. The average Bonchev–Trinajstić information content (AvgIpc) is 3.21. The average molecular weight is 399 g/mol. The second-order valence-electron chi connectivity index (χ2n) is 6.25. The Labute approximate surface area is 164 Å². The molecule has 1 aliphatic heterocycles. The van der Waals surface area contributed by atoms with E-state index >= 15 is 0 Å². The lowest BCUT2D eigenvalue weighted by atomic mass is 10.2. The summed E-state index contributed by atoms with van der Waals surface area (Å²) in [7, 11) is 0. The van der Waals surface area contributed by atoms with Gasteiger partial charge in [0.2, 0.25) is 5.88 Å². The Balaban J connectivity index is 1.31. The first kappa shape index (κ1) is 18.1. The second kappa shape index (κ2) is 7.77. The van der Waals surface area contributed by atoms with Gasteiger partial charge in [0.25, 0.3) is 11.6 Å². The maximum Gasteiger partial charge on any atom is 0.269 e. The summed E-state index contributed by atoms with van der Waals surface area (Å²) in [5, 5.41) is 13.5. The van der Waals surface area contributed by atoms with E-state index in [4.69, 9.17) is 4.74 Å². The summed E-state index contributed by atoms with van der Waals surface area (Å²) in [5.74, 6) is 0.328. The summed E-state index contributed by atoms with van der Waals surface area (Å²) in [6.07, 6.45) is 1.43. The summed E-state index contributed by atoms with van der Waals surface area (Å²) in [6, 6.07) is 8.34. The lowest BCUT2D eigenvalue weighted by molar-refractivity contribution is -0.384. The van der Waals surface area contributed by atoms with Crippen LogP contribution in [0.3, 0.4) is 0 Å². The number of nitrogens with zero attached hydrogens (tertiary/aromatic N) is 5. The molecule has 0 saturated carbocycles. The Morgan fingerprint density at radius 1 is 1.14 bits per heavy atom. The number of benzene rings is 1. The standard InChI is InChI=1S/C18H17N5O4S/c24-16(11-27-17-15-5-10-28-18(15)20-12-19-17)22-8-6-21(7-9-22)13-1-3-14(4-2-13)23(25)26/h1-5,10,12H,6-9,11H2. The first-order valence-corrected chi connectivity index (χ1v) is 9.58. The van der Waals surface area contributed by atoms with E-state index in [0.29, 0.717) is 32.1 Å². The highest BCUT2D eigenvalue weighted by Gasteiger charge is 2.22. The fourth-order valence-corrected chi connectivity index (χ4v) is 3.83. The number of nitro groups is 1. The summed E-state index contributed by atoms with van der Waals surface area (Å²) >= 11 is 1.50. The molecule has 9 nitrogen and oxygen atoms in total. The number of fused-ring (bicyclic) bond motifs is 1. The van der Waals surface area contributed by atoms with Crippen molar-refractivity contribution in [2.75, 3.05) is 37.7 Å². The van der Waals surface area contributed by atoms with Crippen molar-refractivity contribution in [2.45, 2.75) is 0 Å². The molecule has 3 aromatic rings. The van der Waals surface area contributed by atoms with E-state index in [1.54, 1.807) is 17.0 Å². The number of piperazine rings is 1. The molecule has 1 fully saturated rings. The number of anilines is 1. The zero-order chi connectivity index (χ0) is 19.5. The summed E-state index contributed by atoms with van der Waals surface area (Å²) in [4.78, 5) is 35.8. The largest absolute Gasteiger partial charge is 0.467 e. The van der Waals surface area contributed by atoms with E-state index in [0.717, 1.165) is 15.9 Å². The lowest BCUT2D eigenvalue weighted by Crippen LogP contribution is -2.50. The number of carbonyl (C=O) groups is 1. The van der Waals surface area contributed by atoms with Crippen LogP contribution in [0, 0.1) is 10.1 Å². The van der Waals surface area contributed by atoms with Gasteiger partial charge >= 0.3 is 0 Å². The van der Waals surface area contributed by atoms with Crippen LogP contribution in [0.25, 0.3) is 10.2 Å². The van der Waals surface area contributed by atoms with E-state index in [2.05, 4.69) is 14.9 Å². The second-order valence-corrected chi connectivity index (χ2v) is 7.14. The first-order valence-electron chi connectivity index (χ1n) is 8.70. The van der Waals surface area contributed by atoms with Crippen LogP contribution >= 0.6 is 11.3 Å². The minimum Gasteiger partial charge on any atom is -0.467 e. The van der Waals surface area contributed by atoms with Crippen LogP contribution in [0.5, 0.6) is 5.88 Å². The van der Waals surface area contributed by atoms with Gasteiger partial charge in [-0.05, 0) is 23.6 Å². The molecule has 0 N–H and O–H groups in total. The number of nitro benzene ring substituents is 1. The molecule has 0 unspecified atom stereocenters. The van der Waals surface area contributed by atoms with E-state index < -0.39 is 4.92 Å². The molecule has 1 saturated heterocycles. The quantitative estimate of drug-likeness (QED) is 0.479. The van der Waals surface area contributed by atoms with Crippen LogP contribution in [-0.2, 0) is 4.79 Å². The molecule has 10 heteroatoms. The van der Waals surface area contributed by atoms with Gasteiger partial charge in [0, 0.05) is 44.0 Å². The molecule has 28 heavy (non-hydrogen) atoms. The Morgan fingerprint density at radius 2 is 1.89 bits per heavy atom. The van der Waals surface area contributed by atoms with Gasteiger partial charge in [-0.15, -0.1) is 11.3 Å². The summed E-state index contributed by atoms with van der Waals surface area (Å²) in [6.45, 7) is 2.38.